The summed E-state index contributed by atoms with van der Waals surface area (Å²) in [5.41, 5.74) is 0. The van der Waals surface area contributed by atoms with Gasteiger partial charge in [-0.2, -0.15) is 0 Å². The highest BCUT2D eigenvalue weighted by Gasteiger charge is 2.21. The molecule has 0 bridgehead atoms. The van der Waals surface area contributed by atoms with Gasteiger partial charge in [0.25, 0.3) is 0 Å². The molecule has 1 saturated heterocycles. The Labute approximate surface area is 123 Å². The number of hydrogen-bond donors (Lipinski definition) is 2. The number of hydrogen-bond acceptors (Lipinski definition) is 4. The summed E-state index contributed by atoms with van der Waals surface area (Å²) in [4.78, 5) is 14.0. The van der Waals surface area contributed by atoms with Gasteiger partial charge in [-0.05, 0) is 53.2 Å². The molecule has 0 aromatic heterocycles. The van der Waals surface area contributed by atoms with Gasteiger partial charge in [0.05, 0.1) is 12.2 Å². The summed E-state index contributed by atoms with van der Waals surface area (Å²) in [6, 6.07) is 0. The molecule has 5 nitrogen and oxygen atoms in total. The SMILES string of the molecule is CNCCCC(=O)NCCCCN1CC(C)OC(C)C1. The molecule has 0 saturated carbocycles. The number of carbonyl (C=O) groups excluding carboxylic acids is 1. The minimum absolute atomic E-state index is 0.175. The van der Waals surface area contributed by atoms with Crippen molar-refractivity contribution in [1.29, 1.82) is 0 Å². The molecule has 2 atom stereocenters. The van der Waals surface area contributed by atoms with Gasteiger partial charge in [-0.3, -0.25) is 9.69 Å². The maximum atomic E-state index is 11.5. The summed E-state index contributed by atoms with van der Waals surface area (Å²) in [6.45, 7) is 9.13. The van der Waals surface area contributed by atoms with E-state index in [1.807, 2.05) is 7.05 Å². The first-order chi connectivity index (χ1) is 9.61. The van der Waals surface area contributed by atoms with Gasteiger partial charge in [0, 0.05) is 26.1 Å². The fraction of sp³-hybridized carbons (Fsp3) is 0.933. The lowest BCUT2D eigenvalue weighted by Gasteiger charge is -2.35. The van der Waals surface area contributed by atoms with Crippen LogP contribution in [0.3, 0.4) is 0 Å². The molecule has 2 unspecified atom stereocenters. The Kier molecular flexibility index (Phi) is 8.82. The van der Waals surface area contributed by atoms with Crippen LogP contribution in [0.5, 0.6) is 0 Å². The third-order valence-corrected chi connectivity index (χ3v) is 3.55. The van der Waals surface area contributed by atoms with E-state index in [1.54, 1.807) is 0 Å². The Bertz CT molecular complexity index is 264. The lowest BCUT2D eigenvalue weighted by Crippen LogP contribution is -2.45. The second kappa shape index (κ2) is 10.1. The van der Waals surface area contributed by atoms with E-state index in [1.165, 1.54) is 0 Å². The summed E-state index contributed by atoms with van der Waals surface area (Å²) < 4.78 is 5.72. The fourth-order valence-corrected chi connectivity index (χ4v) is 2.67. The lowest BCUT2D eigenvalue weighted by atomic mass is 10.2. The van der Waals surface area contributed by atoms with E-state index in [9.17, 15) is 4.79 Å². The van der Waals surface area contributed by atoms with Crippen LogP contribution in [-0.2, 0) is 9.53 Å². The number of nitrogens with one attached hydrogen (secondary N) is 2. The Morgan fingerprint density at radius 2 is 1.85 bits per heavy atom. The molecule has 118 valence electrons. The molecule has 0 spiro atoms. The standard InChI is InChI=1S/C15H31N3O2/c1-13-11-18(12-14(2)20-13)10-5-4-9-17-15(19)7-6-8-16-3/h13-14,16H,4-12H2,1-3H3,(H,17,19). The van der Waals surface area contributed by atoms with Gasteiger partial charge < -0.3 is 15.4 Å². The molecule has 2 N–H and O–H groups in total. The molecule has 1 aliphatic rings. The number of rotatable bonds is 9. The molecule has 0 radical (unpaired) electrons. The van der Waals surface area contributed by atoms with Crippen molar-refractivity contribution in [2.45, 2.75) is 51.7 Å². The van der Waals surface area contributed by atoms with Gasteiger partial charge in [0.2, 0.25) is 5.91 Å². The zero-order valence-electron chi connectivity index (χ0n) is 13.3. The first-order valence-corrected chi connectivity index (χ1v) is 7.91. The minimum atomic E-state index is 0.175. The summed E-state index contributed by atoms with van der Waals surface area (Å²) in [5.74, 6) is 0.175. The van der Waals surface area contributed by atoms with Crippen molar-refractivity contribution < 1.29 is 9.53 Å². The van der Waals surface area contributed by atoms with Crippen molar-refractivity contribution in [3.63, 3.8) is 0 Å². The molecule has 0 aliphatic carbocycles. The van der Waals surface area contributed by atoms with Crippen molar-refractivity contribution in [3.05, 3.63) is 0 Å². The Morgan fingerprint density at radius 3 is 2.50 bits per heavy atom. The molecule has 0 aromatic carbocycles. The van der Waals surface area contributed by atoms with Gasteiger partial charge in [-0.15, -0.1) is 0 Å². The van der Waals surface area contributed by atoms with Crippen LogP contribution in [0.25, 0.3) is 0 Å². The normalized spacial score (nSPS) is 23.8. The van der Waals surface area contributed by atoms with Gasteiger partial charge in [0.1, 0.15) is 0 Å². The predicted octanol–water partition coefficient (Wildman–Crippen LogP) is 0.992. The van der Waals surface area contributed by atoms with Crippen LogP contribution in [0.4, 0.5) is 0 Å². The van der Waals surface area contributed by atoms with Crippen LogP contribution >= 0.6 is 0 Å². The van der Waals surface area contributed by atoms with E-state index in [-0.39, 0.29) is 5.91 Å². The van der Waals surface area contributed by atoms with E-state index in [0.717, 1.165) is 52.0 Å². The monoisotopic (exact) mass is 285 g/mol. The minimum Gasteiger partial charge on any atom is -0.373 e. The van der Waals surface area contributed by atoms with Crippen LogP contribution in [0.2, 0.25) is 0 Å². The third kappa shape index (κ3) is 7.82. The number of ether oxygens (including phenoxy) is 1. The average molecular weight is 285 g/mol. The lowest BCUT2D eigenvalue weighted by molar-refractivity contribution is -0.121. The van der Waals surface area contributed by atoms with Crippen LogP contribution in [0, 0.1) is 0 Å². The molecule has 1 amide bonds. The molecule has 20 heavy (non-hydrogen) atoms. The highest BCUT2D eigenvalue weighted by atomic mass is 16.5. The van der Waals surface area contributed by atoms with Crippen LogP contribution in [0.1, 0.15) is 39.5 Å². The number of carbonyl (C=O) groups is 1. The van der Waals surface area contributed by atoms with Gasteiger partial charge >= 0.3 is 0 Å². The van der Waals surface area contributed by atoms with E-state index < -0.39 is 0 Å². The van der Waals surface area contributed by atoms with Gasteiger partial charge in [-0.1, -0.05) is 0 Å². The second-order valence-corrected chi connectivity index (χ2v) is 5.78. The van der Waals surface area contributed by atoms with Gasteiger partial charge in [-0.25, -0.2) is 0 Å². The molecular formula is C15H31N3O2. The number of amides is 1. The topological polar surface area (TPSA) is 53.6 Å². The summed E-state index contributed by atoms with van der Waals surface area (Å²) in [6.07, 6.45) is 4.40. The van der Waals surface area contributed by atoms with E-state index in [2.05, 4.69) is 29.4 Å². The molecule has 0 aromatic rings. The number of nitrogens with zero attached hydrogens (tertiary/aromatic N) is 1. The van der Waals surface area contributed by atoms with Crippen LogP contribution in [0.15, 0.2) is 0 Å². The third-order valence-electron chi connectivity index (χ3n) is 3.55. The Hall–Kier alpha value is -0.650. The van der Waals surface area contributed by atoms with E-state index >= 15 is 0 Å². The molecule has 1 fully saturated rings. The summed E-state index contributed by atoms with van der Waals surface area (Å²) in [7, 11) is 1.91. The highest BCUT2D eigenvalue weighted by molar-refractivity contribution is 5.75. The highest BCUT2D eigenvalue weighted by Crippen LogP contribution is 2.11. The van der Waals surface area contributed by atoms with Crippen molar-refractivity contribution in [2.75, 3.05) is 39.8 Å². The molecular weight excluding hydrogens is 254 g/mol. The van der Waals surface area contributed by atoms with Crippen LogP contribution in [-0.4, -0.2) is 62.8 Å². The van der Waals surface area contributed by atoms with Crippen molar-refractivity contribution >= 4 is 5.91 Å². The quantitative estimate of drug-likeness (QED) is 0.620. The maximum absolute atomic E-state index is 11.5. The summed E-state index contributed by atoms with van der Waals surface area (Å²) >= 11 is 0. The van der Waals surface area contributed by atoms with Gasteiger partial charge in [0.15, 0.2) is 0 Å². The summed E-state index contributed by atoms with van der Waals surface area (Å²) in [5, 5.41) is 6.03. The van der Waals surface area contributed by atoms with Crippen molar-refractivity contribution in [1.82, 2.24) is 15.5 Å². The van der Waals surface area contributed by atoms with E-state index in [4.69, 9.17) is 4.74 Å². The first-order valence-electron chi connectivity index (χ1n) is 7.91. The fourth-order valence-electron chi connectivity index (χ4n) is 2.67. The molecule has 5 heteroatoms. The van der Waals surface area contributed by atoms with E-state index in [0.29, 0.717) is 18.6 Å². The molecule has 1 aliphatic heterocycles. The largest absolute Gasteiger partial charge is 0.373 e. The zero-order valence-corrected chi connectivity index (χ0v) is 13.3. The molecule has 1 heterocycles. The average Bonchev–Trinajstić information content (AvgIpc) is 2.37. The zero-order chi connectivity index (χ0) is 14.8. The second-order valence-electron chi connectivity index (χ2n) is 5.78. The Balaban J connectivity index is 1.97. The first kappa shape index (κ1) is 17.4. The smallest absolute Gasteiger partial charge is 0.220 e. The van der Waals surface area contributed by atoms with Crippen LogP contribution < -0.4 is 10.6 Å². The molecule has 1 rings (SSSR count). The Morgan fingerprint density at radius 1 is 1.15 bits per heavy atom. The predicted molar refractivity (Wildman–Crippen MR) is 81.9 cm³/mol. The van der Waals surface area contributed by atoms with Crippen molar-refractivity contribution in [2.24, 2.45) is 0 Å². The van der Waals surface area contributed by atoms with Crippen molar-refractivity contribution in [3.8, 4) is 0 Å². The number of unbranched alkanes of at least 4 members (excludes halogenated alkanes) is 1. The maximum Gasteiger partial charge on any atom is 0.220 e. The number of morpholine rings is 1.